The van der Waals surface area contributed by atoms with E-state index in [1.54, 1.807) is 25.2 Å². The molecule has 0 unspecified atom stereocenters. The van der Waals surface area contributed by atoms with Crippen molar-refractivity contribution < 1.29 is 4.92 Å². The van der Waals surface area contributed by atoms with Crippen LogP contribution in [0.25, 0.3) is 0 Å². The summed E-state index contributed by atoms with van der Waals surface area (Å²) in [7, 11) is 1.67. The predicted molar refractivity (Wildman–Crippen MR) is 81.7 cm³/mol. The Kier molecular flexibility index (Phi) is 4.20. The van der Waals surface area contributed by atoms with Crippen molar-refractivity contribution in [2.45, 2.75) is 13.3 Å². The molecular formula is C15H17N3O2. The molecule has 0 amide bonds. The maximum Gasteiger partial charge on any atom is 0.315 e. The van der Waals surface area contributed by atoms with Crippen LogP contribution in [-0.2, 0) is 6.42 Å². The molecule has 0 radical (unpaired) electrons. The summed E-state index contributed by atoms with van der Waals surface area (Å²) in [5, 5.41) is 17.2. The molecule has 0 saturated carbocycles. The van der Waals surface area contributed by atoms with E-state index in [2.05, 4.69) is 17.6 Å². The number of hydrogen-bond donors (Lipinski definition) is 2. The molecule has 2 N–H and O–H groups in total. The second kappa shape index (κ2) is 6.06. The van der Waals surface area contributed by atoms with Crippen molar-refractivity contribution in [3.63, 3.8) is 0 Å². The zero-order valence-corrected chi connectivity index (χ0v) is 11.5. The van der Waals surface area contributed by atoms with Gasteiger partial charge >= 0.3 is 5.69 Å². The van der Waals surface area contributed by atoms with Gasteiger partial charge in [-0.15, -0.1) is 0 Å². The Morgan fingerprint density at radius 1 is 1.15 bits per heavy atom. The van der Waals surface area contributed by atoms with Gasteiger partial charge in [-0.25, -0.2) is 0 Å². The standard InChI is InChI=1S/C15H17N3O2/c1-3-11-6-4-7-12(10-11)17-14-9-5-8-13(16-2)15(14)18(19)20/h4-10,16-17H,3H2,1-2H3. The highest BCUT2D eigenvalue weighted by atomic mass is 16.6. The molecule has 0 aliphatic carbocycles. The molecule has 0 atom stereocenters. The lowest BCUT2D eigenvalue weighted by atomic mass is 10.1. The van der Waals surface area contributed by atoms with Gasteiger partial charge in [0.25, 0.3) is 0 Å². The van der Waals surface area contributed by atoms with E-state index < -0.39 is 0 Å². The molecule has 20 heavy (non-hydrogen) atoms. The smallest absolute Gasteiger partial charge is 0.315 e. The summed E-state index contributed by atoms with van der Waals surface area (Å²) in [5.41, 5.74) is 3.06. The van der Waals surface area contributed by atoms with Gasteiger partial charge < -0.3 is 10.6 Å². The fourth-order valence-electron chi connectivity index (χ4n) is 2.07. The van der Waals surface area contributed by atoms with E-state index in [4.69, 9.17) is 0 Å². The monoisotopic (exact) mass is 271 g/mol. The molecule has 0 saturated heterocycles. The average molecular weight is 271 g/mol. The second-order valence-electron chi connectivity index (χ2n) is 4.39. The van der Waals surface area contributed by atoms with Gasteiger partial charge in [-0.05, 0) is 36.2 Å². The van der Waals surface area contributed by atoms with Gasteiger partial charge in [0.05, 0.1) is 4.92 Å². The van der Waals surface area contributed by atoms with Crippen LogP contribution in [0, 0.1) is 10.1 Å². The van der Waals surface area contributed by atoms with Crippen LogP contribution in [0.3, 0.4) is 0 Å². The topological polar surface area (TPSA) is 67.2 Å². The average Bonchev–Trinajstić information content (AvgIpc) is 2.46. The van der Waals surface area contributed by atoms with Gasteiger partial charge in [-0.2, -0.15) is 0 Å². The van der Waals surface area contributed by atoms with Gasteiger partial charge in [0.15, 0.2) is 0 Å². The number of nitrogens with zero attached hydrogens (tertiary/aromatic N) is 1. The van der Waals surface area contributed by atoms with E-state index in [9.17, 15) is 10.1 Å². The summed E-state index contributed by atoms with van der Waals surface area (Å²) in [6.45, 7) is 2.07. The molecule has 0 fully saturated rings. The van der Waals surface area contributed by atoms with Crippen molar-refractivity contribution >= 4 is 22.7 Å². The van der Waals surface area contributed by atoms with Crippen LogP contribution in [0.4, 0.5) is 22.7 Å². The third-order valence-electron chi connectivity index (χ3n) is 3.10. The van der Waals surface area contributed by atoms with Crippen LogP contribution in [-0.4, -0.2) is 12.0 Å². The summed E-state index contributed by atoms with van der Waals surface area (Å²) in [6, 6.07) is 13.0. The normalized spacial score (nSPS) is 10.1. The highest BCUT2D eigenvalue weighted by Crippen LogP contribution is 2.34. The predicted octanol–water partition coefficient (Wildman–Crippen LogP) is 3.94. The van der Waals surface area contributed by atoms with Crippen LogP contribution >= 0.6 is 0 Å². The Bertz CT molecular complexity index is 626. The maximum atomic E-state index is 11.2. The molecule has 0 spiro atoms. The van der Waals surface area contributed by atoms with Crippen molar-refractivity contribution in [2.75, 3.05) is 17.7 Å². The molecule has 0 bridgehead atoms. The van der Waals surface area contributed by atoms with E-state index >= 15 is 0 Å². The highest BCUT2D eigenvalue weighted by molar-refractivity contribution is 5.79. The molecule has 5 nitrogen and oxygen atoms in total. The molecule has 2 aromatic rings. The molecule has 0 aliphatic rings. The Balaban J connectivity index is 2.40. The first-order valence-electron chi connectivity index (χ1n) is 6.46. The zero-order chi connectivity index (χ0) is 14.5. The Morgan fingerprint density at radius 2 is 1.85 bits per heavy atom. The van der Waals surface area contributed by atoms with E-state index in [0.717, 1.165) is 12.1 Å². The SMILES string of the molecule is CCc1cccc(Nc2cccc(NC)c2[N+](=O)[O-])c1. The minimum Gasteiger partial charge on any atom is -0.382 e. The highest BCUT2D eigenvalue weighted by Gasteiger charge is 2.18. The minimum atomic E-state index is -0.377. The van der Waals surface area contributed by atoms with Gasteiger partial charge in [0.2, 0.25) is 0 Å². The van der Waals surface area contributed by atoms with E-state index in [0.29, 0.717) is 11.4 Å². The lowest BCUT2D eigenvalue weighted by Crippen LogP contribution is -2.01. The molecule has 0 aromatic heterocycles. The van der Waals surface area contributed by atoms with Crippen molar-refractivity contribution in [1.82, 2.24) is 0 Å². The molecule has 0 aliphatic heterocycles. The van der Waals surface area contributed by atoms with Crippen LogP contribution in [0.2, 0.25) is 0 Å². The fourth-order valence-corrected chi connectivity index (χ4v) is 2.07. The molecule has 2 rings (SSSR count). The van der Waals surface area contributed by atoms with Gasteiger partial charge in [-0.3, -0.25) is 10.1 Å². The van der Waals surface area contributed by atoms with Crippen molar-refractivity contribution in [2.24, 2.45) is 0 Å². The van der Waals surface area contributed by atoms with Crippen molar-refractivity contribution in [1.29, 1.82) is 0 Å². The van der Waals surface area contributed by atoms with E-state index in [-0.39, 0.29) is 10.6 Å². The third kappa shape index (κ3) is 2.88. The molecule has 5 heteroatoms. The summed E-state index contributed by atoms with van der Waals surface area (Å²) >= 11 is 0. The maximum absolute atomic E-state index is 11.2. The van der Waals surface area contributed by atoms with E-state index in [1.165, 1.54) is 5.56 Å². The van der Waals surface area contributed by atoms with Crippen molar-refractivity contribution in [3.05, 3.63) is 58.1 Å². The number of benzene rings is 2. The number of hydrogen-bond acceptors (Lipinski definition) is 4. The molecular weight excluding hydrogens is 254 g/mol. The summed E-state index contributed by atoms with van der Waals surface area (Å²) in [4.78, 5) is 10.9. The second-order valence-corrected chi connectivity index (χ2v) is 4.39. The minimum absolute atomic E-state index is 0.0527. The van der Waals surface area contributed by atoms with Gasteiger partial charge in [0, 0.05) is 12.7 Å². The number of nitro benzene ring substituents is 1. The fraction of sp³-hybridized carbons (Fsp3) is 0.200. The number of nitrogens with one attached hydrogen (secondary N) is 2. The first kappa shape index (κ1) is 13.9. The quantitative estimate of drug-likeness (QED) is 0.638. The summed E-state index contributed by atoms with van der Waals surface area (Å²) < 4.78 is 0. The summed E-state index contributed by atoms with van der Waals surface area (Å²) in [5.74, 6) is 0. The number of nitro groups is 1. The third-order valence-corrected chi connectivity index (χ3v) is 3.10. The molecule has 2 aromatic carbocycles. The first-order chi connectivity index (χ1) is 9.65. The Labute approximate surface area is 117 Å². The lowest BCUT2D eigenvalue weighted by molar-refractivity contribution is -0.383. The zero-order valence-electron chi connectivity index (χ0n) is 11.5. The first-order valence-corrected chi connectivity index (χ1v) is 6.46. The largest absolute Gasteiger partial charge is 0.382 e. The number of rotatable bonds is 5. The van der Waals surface area contributed by atoms with Crippen LogP contribution in [0.1, 0.15) is 12.5 Å². The van der Waals surface area contributed by atoms with Crippen LogP contribution in [0.15, 0.2) is 42.5 Å². The number of aryl methyl sites for hydroxylation is 1. The van der Waals surface area contributed by atoms with E-state index in [1.807, 2.05) is 24.3 Å². The Hall–Kier alpha value is -2.56. The van der Waals surface area contributed by atoms with Crippen LogP contribution in [0.5, 0.6) is 0 Å². The Morgan fingerprint density at radius 3 is 2.50 bits per heavy atom. The molecule has 0 heterocycles. The van der Waals surface area contributed by atoms with Crippen LogP contribution < -0.4 is 10.6 Å². The van der Waals surface area contributed by atoms with Gasteiger partial charge in [-0.1, -0.05) is 25.1 Å². The van der Waals surface area contributed by atoms with Crippen molar-refractivity contribution in [3.8, 4) is 0 Å². The molecule has 104 valence electrons. The number of anilines is 3. The lowest BCUT2D eigenvalue weighted by Gasteiger charge is -2.10. The number of para-hydroxylation sites is 1. The summed E-state index contributed by atoms with van der Waals surface area (Å²) in [6.07, 6.45) is 0.925. The van der Waals surface area contributed by atoms with Gasteiger partial charge in [0.1, 0.15) is 11.4 Å².